The summed E-state index contributed by atoms with van der Waals surface area (Å²) in [6.07, 6.45) is 6.09. The van der Waals surface area contributed by atoms with Crippen LogP contribution in [0.3, 0.4) is 0 Å². The Hall–Kier alpha value is -1.77. The molecule has 1 aliphatic rings. The van der Waals surface area contributed by atoms with Crippen molar-refractivity contribution in [2.45, 2.75) is 38.5 Å². The number of hydrogen-bond acceptors (Lipinski definition) is 1. The Kier molecular flexibility index (Phi) is 4.00. The highest BCUT2D eigenvalue weighted by atomic mass is 16.2. The van der Waals surface area contributed by atoms with Crippen molar-refractivity contribution in [3.05, 3.63) is 36.0 Å². The number of nitrogens with zero attached hydrogens (tertiary/aromatic N) is 2. The van der Waals surface area contributed by atoms with Crippen molar-refractivity contribution >= 4 is 16.8 Å². The van der Waals surface area contributed by atoms with E-state index < -0.39 is 0 Å². The van der Waals surface area contributed by atoms with E-state index in [1.807, 2.05) is 4.90 Å². The first kappa shape index (κ1) is 14.2. The van der Waals surface area contributed by atoms with Crippen molar-refractivity contribution in [2.75, 3.05) is 13.1 Å². The van der Waals surface area contributed by atoms with Gasteiger partial charge in [0.25, 0.3) is 0 Å². The molecule has 112 valence electrons. The molecule has 0 saturated carbocycles. The minimum atomic E-state index is 0.328. The van der Waals surface area contributed by atoms with Crippen molar-refractivity contribution in [3.8, 4) is 0 Å². The maximum atomic E-state index is 12.0. The molecule has 21 heavy (non-hydrogen) atoms. The van der Waals surface area contributed by atoms with Crippen LogP contribution in [-0.2, 0) is 11.8 Å². The van der Waals surface area contributed by atoms with E-state index >= 15 is 0 Å². The number of likely N-dealkylation sites (tertiary alicyclic amines) is 1. The third-order valence-electron chi connectivity index (χ3n) is 4.68. The number of benzene rings is 1. The lowest BCUT2D eigenvalue weighted by molar-refractivity contribution is -0.132. The molecule has 2 heterocycles. The normalized spacial score (nSPS) is 16.6. The van der Waals surface area contributed by atoms with E-state index in [0.29, 0.717) is 18.2 Å². The van der Waals surface area contributed by atoms with Gasteiger partial charge in [0.2, 0.25) is 5.91 Å². The summed E-state index contributed by atoms with van der Waals surface area (Å²) in [6.45, 7) is 3.89. The molecule has 3 nitrogen and oxygen atoms in total. The second-order valence-electron chi connectivity index (χ2n) is 6.12. The predicted molar refractivity (Wildman–Crippen MR) is 86.4 cm³/mol. The van der Waals surface area contributed by atoms with Gasteiger partial charge in [-0.3, -0.25) is 4.79 Å². The van der Waals surface area contributed by atoms with Gasteiger partial charge in [-0.25, -0.2) is 0 Å². The van der Waals surface area contributed by atoms with Gasteiger partial charge in [0.15, 0.2) is 0 Å². The first-order valence-corrected chi connectivity index (χ1v) is 8.02. The van der Waals surface area contributed by atoms with E-state index in [1.54, 1.807) is 0 Å². The Bertz CT molecular complexity index is 636. The number of piperidine rings is 1. The number of aryl methyl sites for hydroxylation is 1. The van der Waals surface area contributed by atoms with Crippen molar-refractivity contribution in [2.24, 2.45) is 7.05 Å². The number of amides is 1. The van der Waals surface area contributed by atoms with Gasteiger partial charge in [-0.2, -0.15) is 0 Å². The lowest BCUT2D eigenvalue weighted by atomic mass is 9.89. The number of fused-ring (bicyclic) bond motifs is 1. The van der Waals surface area contributed by atoms with E-state index in [1.165, 1.54) is 16.5 Å². The first-order chi connectivity index (χ1) is 10.2. The van der Waals surface area contributed by atoms with Crippen LogP contribution in [0.5, 0.6) is 0 Å². The van der Waals surface area contributed by atoms with Crippen molar-refractivity contribution < 1.29 is 4.79 Å². The fourth-order valence-electron chi connectivity index (χ4n) is 3.51. The molecule has 1 aromatic carbocycles. The minimum absolute atomic E-state index is 0.328. The summed E-state index contributed by atoms with van der Waals surface area (Å²) in [4.78, 5) is 14.0. The molecule has 0 radical (unpaired) electrons. The Morgan fingerprint density at radius 2 is 1.95 bits per heavy atom. The van der Waals surface area contributed by atoms with Crippen molar-refractivity contribution in [1.29, 1.82) is 0 Å². The minimum Gasteiger partial charge on any atom is -0.350 e. The van der Waals surface area contributed by atoms with Crippen LogP contribution >= 0.6 is 0 Å². The van der Waals surface area contributed by atoms with Crippen LogP contribution < -0.4 is 0 Å². The maximum Gasteiger partial charge on any atom is 0.222 e. The second kappa shape index (κ2) is 5.92. The van der Waals surface area contributed by atoms with Crippen LogP contribution in [0.15, 0.2) is 30.5 Å². The fraction of sp³-hybridized carbons (Fsp3) is 0.500. The standard InChI is InChI=1S/C18H24N2O/c1-3-6-18(21)20-11-9-14(10-12-20)16-13-19(2)17-8-5-4-7-15(16)17/h4-5,7-8,13-14H,3,6,9-12H2,1-2H3. The molecule has 0 N–H and O–H groups in total. The van der Waals surface area contributed by atoms with Crippen molar-refractivity contribution in [3.63, 3.8) is 0 Å². The van der Waals surface area contributed by atoms with Gasteiger partial charge in [-0.05, 0) is 36.8 Å². The smallest absolute Gasteiger partial charge is 0.222 e. The largest absolute Gasteiger partial charge is 0.350 e. The second-order valence-corrected chi connectivity index (χ2v) is 6.12. The van der Waals surface area contributed by atoms with Crippen LogP contribution in [0, 0.1) is 0 Å². The lowest BCUT2D eigenvalue weighted by Gasteiger charge is -2.32. The molecular weight excluding hydrogens is 260 g/mol. The molecule has 3 heteroatoms. The highest BCUT2D eigenvalue weighted by Gasteiger charge is 2.25. The molecule has 2 aromatic rings. The molecule has 1 saturated heterocycles. The molecule has 1 aliphatic heterocycles. The predicted octanol–water partition coefficient (Wildman–Crippen LogP) is 3.68. The van der Waals surface area contributed by atoms with Gasteiger partial charge in [0, 0.05) is 43.7 Å². The van der Waals surface area contributed by atoms with Gasteiger partial charge in [-0.1, -0.05) is 25.1 Å². The molecule has 0 aliphatic carbocycles. The molecule has 1 amide bonds. The topological polar surface area (TPSA) is 25.2 Å². The third kappa shape index (κ3) is 2.69. The van der Waals surface area contributed by atoms with Gasteiger partial charge >= 0.3 is 0 Å². The Morgan fingerprint density at radius 3 is 2.67 bits per heavy atom. The number of hydrogen-bond donors (Lipinski definition) is 0. The monoisotopic (exact) mass is 284 g/mol. The zero-order chi connectivity index (χ0) is 14.8. The molecule has 0 spiro atoms. The molecule has 0 unspecified atom stereocenters. The number of aromatic nitrogens is 1. The zero-order valence-electron chi connectivity index (χ0n) is 13.0. The zero-order valence-corrected chi connectivity index (χ0v) is 13.0. The van der Waals surface area contributed by atoms with Gasteiger partial charge in [0.1, 0.15) is 0 Å². The first-order valence-electron chi connectivity index (χ1n) is 8.02. The average Bonchev–Trinajstić information content (AvgIpc) is 2.85. The summed E-state index contributed by atoms with van der Waals surface area (Å²) in [5.74, 6) is 0.913. The van der Waals surface area contributed by atoms with E-state index in [-0.39, 0.29) is 0 Å². The molecule has 1 fully saturated rings. The summed E-state index contributed by atoms with van der Waals surface area (Å²) >= 11 is 0. The Labute approximate surface area is 126 Å². The van der Waals surface area contributed by atoms with Crippen LogP contribution in [-0.4, -0.2) is 28.5 Å². The highest BCUT2D eigenvalue weighted by Crippen LogP contribution is 2.34. The van der Waals surface area contributed by atoms with E-state index in [9.17, 15) is 4.79 Å². The van der Waals surface area contributed by atoms with Crippen LogP contribution in [0.1, 0.15) is 44.1 Å². The third-order valence-corrected chi connectivity index (χ3v) is 4.68. The van der Waals surface area contributed by atoms with Crippen LogP contribution in [0.2, 0.25) is 0 Å². The van der Waals surface area contributed by atoms with Gasteiger partial charge < -0.3 is 9.47 Å². The summed E-state index contributed by atoms with van der Waals surface area (Å²) < 4.78 is 2.22. The number of rotatable bonds is 3. The summed E-state index contributed by atoms with van der Waals surface area (Å²) in [7, 11) is 2.12. The molecule has 0 bridgehead atoms. The molecule has 1 aromatic heterocycles. The number of para-hydroxylation sites is 1. The molecule has 3 rings (SSSR count). The SMILES string of the molecule is CCCC(=O)N1CCC(c2cn(C)c3ccccc23)CC1. The van der Waals surface area contributed by atoms with Crippen molar-refractivity contribution in [1.82, 2.24) is 9.47 Å². The Morgan fingerprint density at radius 1 is 1.24 bits per heavy atom. The Balaban J connectivity index is 1.76. The lowest BCUT2D eigenvalue weighted by Crippen LogP contribution is -2.37. The average molecular weight is 284 g/mol. The number of carbonyl (C=O) groups is 1. The van der Waals surface area contributed by atoms with Crippen LogP contribution in [0.4, 0.5) is 0 Å². The fourth-order valence-corrected chi connectivity index (χ4v) is 3.51. The summed E-state index contributed by atoms with van der Waals surface area (Å²) in [5, 5.41) is 1.37. The molecule has 0 atom stereocenters. The van der Waals surface area contributed by atoms with Gasteiger partial charge in [-0.15, -0.1) is 0 Å². The van der Waals surface area contributed by atoms with Gasteiger partial charge in [0.05, 0.1) is 0 Å². The maximum absolute atomic E-state index is 12.0. The summed E-state index contributed by atoms with van der Waals surface area (Å²) in [6, 6.07) is 8.61. The van der Waals surface area contributed by atoms with E-state index in [4.69, 9.17) is 0 Å². The van der Waals surface area contributed by atoms with E-state index in [2.05, 4.69) is 49.0 Å². The van der Waals surface area contributed by atoms with E-state index in [0.717, 1.165) is 32.4 Å². The number of carbonyl (C=O) groups excluding carboxylic acids is 1. The molecular formula is C18H24N2O. The quantitative estimate of drug-likeness (QED) is 0.844. The summed E-state index contributed by atoms with van der Waals surface area (Å²) in [5.41, 5.74) is 2.76. The highest BCUT2D eigenvalue weighted by molar-refractivity contribution is 5.84. The van der Waals surface area contributed by atoms with Crippen LogP contribution in [0.25, 0.3) is 10.9 Å².